The minimum Gasteiger partial charge on any atom is -0.379 e. The zero-order valence-corrected chi connectivity index (χ0v) is 12.3. The van der Waals surface area contributed by atoms with Crippen molar-refractivity contribution >= 4 is 5.91 Å². The zero-order chi connectivity index (χ0) is 14.7. The van der Waals surface area contributed by atoms with Crippen LogP contribution in [0.4, 0.5) is 0 Å². The van der Waals surface area contributed by atoms with Gasteiger partial charge in [0, 0.05) is 26.2 Å². The molecule has 3 rings (SSSR count). The lowest BCUT2D eigenvalue weighted by Gasteiger charge is -2.26. The molecule has 2 aliphatic rings. The first-order chi connectivity index (χ1) is 10.2. The van der Waals surface area contributed by atoms with Gasteiger partial charge in [-0.3, -0.25) is 9.69 Å². The minimum absolute atomic E-state index is 0.0268. The van der Waals surface area contributed by atoms with Gasteiger partial charge in [-0.15, -0.1) is 0 Å². The molecule has 1 amide bonds. The summed E-state index contributed by atoms with van der Waals surface area (Å²) in [5.41, 5.74) is 7.68. The highest BCUT2D eigenvalue weighted by Crippen LogP contribution is 2.32. The number of carbonyl (C=O) groups is 1. The van der Waals surface area contributed by atoms with Gasteiger partial charge in [0.1, 0.15) is 0 Å². The molecule has 1 aliphatic carbocycles. The summed E-state index contributed by atoms with van der Waals surface area (Å²) in [6.45, 7) is 5.08. The Labute approximate surface area is 125 Å². The van der Waals surface area contributed by atoms with E-state index in [0.717, 1.165) is 51.3 Å². The van der Waals surface area contributed by atoms with Crippen LogP contribution in [0.25, 0.3) is 0 Å². The fourth-order valence-electron chi connectivity index (χ4n) is 2.58. The molecule has 1 saturated heterocycles. The molecule has 1 aliphatic heterocycles. The highest BCUT2D eigenvalue weighted by Gasteiger charge is 2.45. The Morgan fingerprint density at radius 1 is 1.29 bits per heavy atom. The maximum absolute atomic E-state index is 11.8. The summed E-state index contributed by atoms with van der Waals surface area (Å²) in [6.07, 6.45) is 1.60. The number of amides is 1. The fourth-order valence-corrected chi connectivity index (χ4v) is 2.58. The van der Waals surface area contributed by atoms with Crippen molar-refractivity contribution < 1.29 is 9.53 Å². The second-order valence-corrected chi connectivity index (χ2v) is 6.05. The van der Waals surface area contributed by atoms with Gasteiger partial charge in [0.2, 0.25) is 5.91 Å². The first-order valence-corrected chi connectivity index (χ1v) is 7.61. The maximum Gasteiger partial charge on any atom is 0.240 e. The Hall–Kier alpha value is -1.43. The van der Waals surface area contributed by atoms with Gasteiger partial charge in [-0.1, -0.05) is 24.3 Å². The molecule has 1 saturated carbocycles. The molecule has 114 valence electrons. The van der Waals surface area contributed by atoms with Crippen LogP contribution in [0.15, 0.2) is 24.3 Å². The van der Waals surface area contributed by atoms with E-state index < -0.39 is 5.54 Å². The lowest BCUT2D eigenvalue weighted by molar-refractivity contribution is -0.123. The third kappa shape index (κ3) is 3.81. The van der Waals surface area contributed by atoms with E-state index in [9.17, 15) is 4.79 Å². The molecular formula is C16H23N3O2. The average molecular weight is 289 g/mol. The SMILES string of the molecule is NC1(C(=O)NCc2cccc(CN3CCOCC3)c2)CC1. The third-order valence-corrected chi connectivity index (χ3v) is 4.20. The van der Waals surface area contributed by atoms with Crippen LogP contribution in [0.2, 0.25) is 0 Å². The van der Waals surface area contributed by atoms with Crippen LogP contribution in [-0.2, 0) is 22.6 Å². The van der Waals surface area contributed by atoms with Crippen molar-refractivity contribution in [1.29, 1.82) is 0 Å². The highest BCUT2D eigenvalue weighted by molar-refractivity contribution is 5.88. The predicted molar refractivity (Wildman–Crippen MR) is 80.5 cm³/mol. The van der Waals surface area contributed by atoms with Gasteiger partial charge in [-0.05, 0) is 24.0 Å². The minimum atomic E-state index is -0.592. The lowest BCUT2D eigenvalue weighted by Crippen LogP contribution is -2.42. The molecule has 0 spiro atoms. The Kier molecular flexibility index (Phi) is 4.24. The second-order valence-electron chi connectivity index (χ2n) is 6.05. The molecular weight excluding hydrogens is 266 g/mol. The topological polar surface area (TPSA) is 67.6 Å². The van der Waals surface area contributed by atoms with Crippen molar-refractivity contribution in [2.24, 2.45) is 5.73 Å². The number of nitrogens with one attached hydrogen (secondary N) is 1. The molecule has 1 aromatic carbocycles. The van der Waals surface area contributed by atoms with E-state index in [4.69, 9.17) is 10.5 Å². The van der Waals surface area contributed by atoms with E-state index in [-0.39, 0.29) is 5.91 Å². The predicted octanol–water partition coefficient (Wildman–Crippen LogP) is 0.626. The Balaban J connectivity index is 1.53. The van der Waals surface area contributed by atoms with Crippen molar-refractivity contribution in [3.8, 4) is 0 Å². The summed E-state index contributed by atoms with van der Waals surface area (Å²) in [4.78, 5) is 14.2. The van der Waals surface area contributed by atoms with E-state index in [0.29, 0.717) is 6.54 Å². The van der Waals surface area contributed by atoms with Gasteiger partial charge < -0.3 is 15.8 Å². The molecule has 21 heavy (non-hydrogen) atoms. The largest absolute Gasteiger partial charge is 0.379 e. The molecule has 3 N–H and O–H groups in total. The van der Waals surface area contributed by atoms with Gasteiger partial charge in [0.25, 0.3) is 0 Å². The van der Waals surface area contributed by atoms with Gasteiger partial charge in [0.05, 0.1) is 18.8 Å². The molecule has 0 atom stereocenters. The van der Waals surface area contributed by atoms with Crippen LogP contribution in [-0.4, -0.2) is 42.6 Å². The Morgan fingerprint density at radius 2 is 2.00 bits per heavy atom. The number of hydrogen-bond acceptors (Lipinski definition) is 4. The number of hydrogen-bond donors (Lipinski definition) is 2. The van der Waals surface area contributed by atoms with Gasteiger partial charge in [-0.25, -0.2) is 0 Å². The fraction of sp³-hybridized carbons (Fsp3) is 0.562. The molecule has 0 unspecified atom stereocenters. The zero-order valence-electron chi connectivity index (χ0n) is 12.3. The first-order valence-electron chi connectivity index (χ1n) is 7.61. The normalized spacial score (nSPS) is 21.0. The molecule has 1 heterocycles. The van der Waals surface area contributed by atoms with Crippen molar-refractivity contribution in [3.05, 3.63) is 35.4 Å². The standard InChI is InChI=1S/C16H23N3O2/c17-16(4-5-16)15(20)18-11-13-2-1-3-14(10-13)12-19-6-8-21-9-7-19/h1-3,10H,4-9,11-12,17H2,(H,18,20). The van der Waals surface area contributed by atoms with Crippen molar-refractivity contribution in [2.45, 2.75) is 31.5 Å². The van der Waals surface area contributed by atoms with Crippen molar-refractivity contribution in [2.75, 3.05) is 26.3 Å². The van der Waals surface area contributed by atoms with Gasteiger partial charge in [0.15, 0.2) is 0 Å². The van der Waals surface area contributed by atoms with E-state index in [1.807, 2.05) is 12.1 Å². The number of carbonyl (C=O) groups excluding carboxylic acids is 1. The summed E-state index contributed by atoms with van der Waals surface area (Å²) in [7, 11) is 0. The van der Waals surface area contributed by atoms with Crippen LogP contribution < -0.4 is 11.1 Å². The molecule has 0 bridgehead atoms. The monoisotopic (exact) mass is 289 g/mol. The molecule has 0 radical (unpaired) electrons. The average Bonchev–Trinajstić information content (AvgIpc) is 3.25. The second kappa shape index (κ2) is 6.13. The molecule has 0 aromatic heterocycles. The first kappa shape index (κ1) is 14.5. The number of rotatable bonds is 5. The van der Waals surface area contributed by atoms with Crippen LogP contribution in [0.3, 0.4) is 0 Å². The van der Waals surface area contributed by atoms with Crippen LogP contribution >= 0.6 is 0 Å². The highest BCUT2D eigenvalue weighted by atomic mass is 16.5. The Bertz CT molecular complexity index is 508. The number of nitrogens with two attached hydrogens (primary N) is 1. The third-order valence-electron chi connectivity index (χ3n) is 4.20. The number of benzene rings is 1. The van der Waals surface area contributed by atoms with Gasteiger partial charge in [-0.2, -0.15) is 0 Å². The van der Waals surface area contributed by atoms with Crippen molar-refractivity contribution in [1.82, 2.24) is 10.2 Å². The van der Waals surface area contributed by atoms with E-state index in [1.165, 1.54) is 5.56 Å². The summed E-state index contributed by atoms with van der Waals surface area (Å²) in [5.74, 6) is -0.0268. The number of ether oxygens (including phenoxy) is 1. The van der Waals surface area contributed by atoms with E-state index in [2.05, 4.69) is 22.3 Å². The van der Waals surface area contributed by atoms with Gasteiger partial charge >= 0.3 is 0 Å². The van der Waals surface area contributed by atoms with Crippen LogP contribution in [0.1, 0.15) is 24.0 Å². The molecule has 5 heteroatoms. The van der Waals surface area contributed by atoms with Crippen LogP contribution in [0, 0.1) is 0 Å². The van der Waals surface area contributed by atoms with Crippen molar-refractivity contribution in [3.63, 3.8) is 0 Å². The number of morpholine rings is 1. The molecule has 2 fully saturated rings. The molecule has 1 aromatic rings. The van der Waals surface area contributed by atoms with E-state index in [1.54, 1.807) is 0 Å². The smallest absolute Gasteiger partial charge is 0.240 e. The number of nitrogens with zero attached hydrogens (tertiary/aromatic N) is 1. The quantitative estimate of drug-likeness (QED) is 0.834. The summed E-state index contributed by atoms with van der Waals surface area (Å²) in [5, 5.41) is 2.93. The Morgan fingerprint density at radius 3 is 2.71 bits per heavy atom. The lowest BCUT2D eigenvalue weighted by atomic mass is 10.1. The summed E-state index contributed by atoms with van der Waals surface area (Å²) < 4.78 is 5.36. The summed E-state index contributed by atoms with van der Waals surface area (Å²) in [6, 6.07) is 8.38. The van der Waals surface area contributed by atoms with E-state index >= 15 is 0 Å². The molecule has 5 nitrogen and oxygen atoms in total. The van der Waals surface area contributed by atoms with Crippen LogP contribution in [0.5, 0.6) is 0 Å². The summed E-state index contributed by atoms with van der Waals surface area (Å²) >= 11 is 0. The maximum atomic E-state index is 11.8.